The monoisotopic (exact) mass is 192 g/mol. The molecule has 70 valence electrons. The third kappa shape index (κ3) is 2.48. The van der Waals surface area contributed by atoms with Gasteiger partial charge < -0.3 is 12.2 Å². The first kappa shape index (κ1) is 9.10. The van der Waals surface area contributed by atoms with Gasteiger partial charge in [-0.05, 0) is 12.1 Å². The van der Waals surface area contributed by atoms with E-state index in [4.69, 9.17) is 0 Å². The second-order valence-electron chi connectivity index (χ2n) is 3.39. The third-order valence-electron chi connectivity index (χ3n) is 2.23. The van der Waals surface area contributed by atoms with Crippen LogP contribution in [-0.4, -0.2) is 17.8 Å². The number of hydrogen-bond acceptors (Lipinski definition) is 2. The molecule has 2 unspecified atom stereocenters. The quantitative estimate of drug-likeness (QED) is 0.722. The average molecular weight is 192 g/mol. The van der Waals surface area contributed by atoms with Crippen LogP contribution in [0.15, 0.2) is 35.2 Å². The van der Waals surface area contributed by atoms with Crippen molar-refractivity contribution in [3.8, 4) is 0 Å². The zero-order valence-corrected chi connectivity index (χ0v) is 8.39. The van der Waals surface area contributed by atoms with Crippen molar-refractivity contribution in [1.29, 1.82) is 0 Å². The van der Waals surface area contributed by atoms with E-state index in [1.807, 2.05) is 11.8 Å². The molecule has 0 aliphatic carbocycles. The molecule has 1 heterocycles. The first-order valence-corrected chi connectivity index (χ1v) is 5.51. The predicted octanol–water partition coefficient (Wildman–Crippen LogP) is 2.34. The molecule has 0 saturated carbocycles. The van der Waals surface area contributed by atoms with Crippen molar-refractivity contribution in [3.05, 3.63) is 37.3 Å². The average Bonchev–Trinajstić information content (AvgIpc) is 2.53. The summed E-state index contributed by atoms with van der Waals surface area (Å²) in [5.74, 6) is 0. The van der Waals surface area contributed by atoms with Crippen molar-refractivity contribution in [2.24, 2.45) is 0 Å². The van der Waals surface area contributed by atoms with Crippen molar-refractivity contribution >= 4 is 11.8 Å². The van der Waals surface area contributed by atoms with Crippen LogP contribution in [0.5, 0.6) is 0 Å². The van der Waals surface area contributed by atoms with E-state index < -0.39 is 0 Å². The smallest absolute Gasteiger partial charge is 0.0208 e. The van der Waals surface area contributed by atoms with Gasteiger partial charge in [-0.2, -0.15) is 0 Å². The first-order chi connectivity index (χ1) is 6.34. The second-order valence-corrected chi connectivity index (χ2v) is 4.77. The van der Waals surface area contributed by atoms with Crippen molar-refractivity contribution in [3.63, 3.8) is 0 Å². The van der Waals surface area contributed by atoms with E-state index in [1.54, 1.807) is 0 Å². The van der Waals surface area contributed by atoms with Gasteiger partial charge >= 0.3 is 0 Å². The van der Waals surface area contributed by atoms with Gasteiger partial charge in [0, 0.05) is 16.7 Å². The molecule has 13 heavy (non-hydrogen) atoms. The number of hydrogen-bond donors (Lipinski definition) is 1. The Bertz CT molecular complexity index is 260. The Morgan fingerprint density at radius 1 is 1.31 bits per heavy atom. The minimum absolute atomic E-state index is 0.446. The molecule has 1 aliphatic heterocycles. The van der Waals surface area contributed by atoms with E-state index in [1.165, 1.54) is 11.3 Å². The molecular weight excluding hydrogens is 178 g/mol. The van der Waals surface area contributed by atoms with Crippen LogP contribution in [0.2, 0.25) is 0 Å². The molecule has 0 spiro atoms. The van der Waals surface area contributed by atoms with E-state index in [-0.39, 0.29) is 0 Å². The van der Waals surface area contributed by atoms with E-state index >= 15 is 0 Å². The third-order valence-corrected chi connectivity index (χ3v) is 3.46. The van der Waals surface area contributed by atoms with Gasteiger partial charge in [0.05, 0.1) is 0 Å². The van der Waals surface area contributed by atoms with Crippen molar-refractivity contribution in [2.45, 2.75) is 22.6 Å². The van der Waals surface area contributed by atoms with Crippen LogP contribution in [0.3, 0.4) is 0 Å². The summed E-state index contributed by atoms with van der Waals surface area (Å²) in [7, 11) is 0. The molecule has 1 N–H and O–H groups in total. The molecular formula is C11H14NS-. The highest BCUT2D eigenvalue weighted by Gasteiger charge is 2.17. The molecule has 0 amide bonds. The molecule has 2 heteroatoms. The lowest BCUT2D eigenvalue weighted by atomic mass is 10.2. The summed E-state index contributed by atoms with van der Waals surface area (Å²) < 4.78 is 0. The van der Waals surface area contributed by atoms with Gasteiger partial charge in [-0.15, -0.1) is 17.8 Å². The molecule has 1 aliphatic rings. The maximum atomic E-state index is 4.00. The lowest BCUT2D eigenvalue weighted by Crippen LogP contribution is -2.17. The summed E-state index contributed by atoms with van der Waals surface area (Å²) in [6, 6.07) is 11.0. The van der Waals surface area contributed by atoms with Crippen LogP contribution in [0.4, 0.5) is 0 Å². The molecule has 2 atom stereocenters. The fourth-order valence-corrected chi connectivity index (χ4v) is 2.77. The molecule has 1 aromatic carbocycles. The van der Waals surface area contributed by atoms with E-state index in [9.17, 15) is 0 Å². The summed E-state index contributed by atoms with van der Waals surface area (Å²) in [6.07, 6.45) is 1.18. The molecule has 1 nitrogen and oxygen atoms in total. The summed E-state index contributed by atoms with van der Waals surface area (Å²) in [5.41, 5.74) is 0. The number of benzene rings is 1. The topological polar surface area (TPSA) is 12.0 Å². The Hall–Kier alpha value is -0.470. The largest absolute Gasteiger partial charge is 0.342 e. The molecule has 2 rings (SSSR count). The second kappa shape index (κ2) is 4.16. The molecule has 0 aromatic heterocycles. The van der Waals surface area contributed by atoms with Crippen LogP contribution in [0.25, 0.3) is 0 Å². The summed E-state index contributed by atoms with van der Waals surface area (Å²) in [6.45, 7) is 5.10. The van der Waals surface area contributed by atoms with Gasteiger partial charge in [-0.25, -0.2) is 0 Å². The molecule has 1 aromatic rings. The van der Waals surface area contributed by atoms with Gasteiger partial charge in [-0.3, -0.25) is 0 Å². The van der Waals surface area contributed by atoms with Gasteiger partial charge in [-0.1, -0.05) is 24.6 Å². The molecule has 1 fully saturated rings. The minimum Gasteiger partial charge on any atom is -0.342 e. The van der Waals surface area contributed by atoms with Gasteiger partial charge in [0.25, 0.3) is 0 Å². The Balaban J connectivity index is 1.92. The van der Waals surface area contributed by atoms with Crippen LogP contribution >= 0.6 is 11.8 Å². The Morgan fingerprint density at radius 3 is 2.69 bits per heavy atom. The number of rotatable bonds is 2. The standard InChI is InChI=1S/C11H14NS/c1-9-7-11(8-12-9)13-10-5-3-2-4-6-10/h2-6,9,11-12H,1,7-8H2/q-1. The highest BCUT2D eigenvalue weighted by molar-refractivity contribution is 8.00. The van der Waals surface area contributed by atoms with Gasteiger partial charge in [0.15, 0.2) is 0 Å². The number of thioether (sulfide) groups is 1. The maximum Gasteiger partial charge on any atom is 0.0208 e. The maximum absolute atomic E-state index is 4.00. The van der Waals surface area contributed by atoms with E-state index in [0.717, 1.165) is 6.54 Å². The van der Waals surface area contributed by atoms with Crippen LogP contribution in [0.1, 0.15) is 6.42 Å². The first-order valence-electron chi connectivity index (χ1n) is 4.63. The van der Waals surface area contributed by atoms with Crippen molar-refractivity contribution in [2.75, 3.05) is 6.54 Å². The molecule has 1 saturated heterocycles. The van der Waals surface area contributed by atoms with Crippen molar-refractivity contribution in [1.82, 2.24) is 5.32 Å². The molecule has 0 bridgehead atoms. The van der Waals surface area contributed by atoms with E-state index in [0.29, 0.717) is 11.3 Å². The fourth-order valence-electron chi connectivity index (χ4n) is 1.56. The minimum atomic E-state index is 0.446. The number of nitrogens with one attached hydrogen (secondary N) is 1. The van der Waals surface area contributed by atoms with E-state index in [2.05, 4.69) is 42.6 Å². The van der Waals surface area contributed by atoms with Gasteiger partial charge in [0.1, 0.15) is 0 Å². The van der Waals surface area contributed by atoms with Crippen LogP contribution < -0.4 is 5.32 Å². The fraction of sp³-hybridized carbons (Fsp3) is 0.364. The highest BCUT2D eigenvalue weighted by atomic mass is 32.2. The van der Waals surface area contributed by atoms with Gasteiger partial charge in [0.2, 0.25) is 0 Å². The predicted molar refractivity (Wildman–Crippen MR) is 57.9 cm³/mol. The zero-order valence-electron chi connectivity index (χ0n) is 7.57. The summed E-state index contributed by atoms with van der Waals surface area (Å²) in [5, 5.41) is 4.06. The lowest BCUT2D eigenvalue weighted by Gasteiger charge is -2.09. The van der Waals surface area contributed by atoms with Crippen LogP contribution in [0, 0.1) is 6.92 Å². The van der Waals surface area contributed by atoms with Crippen LogP contribution in [-0.2, 0) is 0 Å². The molecule has 0 radical (unpaired) electrons. The normalized spacial score (nSPS) is 27.8. The SMILES string of the molecule is [CH2-]C1CC(Sc2ccccc2)CN1. The highest BCUT2D eigenvalue weighted by Crippen LogP contribution is 2.28. The zero-order chi connectivity index (χ0) is 9.10. The Labute approximate surface area is 83.9 Å². The lowest BCUT2D eigenvalue weighted by molar-refractivity contribution is 0.724. The van der Waals surface area contributed by atoms with Crippen molar-refractivity contribution < 1.29 is 0 Å². The summed E-state index contributed by atoms with van der Waals surface area (Å²) in [4.78, 5) is 1.36. The Kier molecular flexibility index (Phi) is 2.91. The summed E-state index contributed by atoms with van der Waals surface area (Å²) >= 11 is 1.95. The Morgan fingerprint density at radius 2 is 2.08 bits per heavy atom.